The fraction of sp³-hybridized carbons (Fsp3) is 0.727. The molecule has 0 spiro atoms. The highest BCUT2D eigenvalue weighted by Gasteiger charge is 2.01. The minimum absolute atomic E-state index is 1.05. The van der Waals surface area contributed by atoms with Gasteiger partial charge in [-0.05, 0) is 44.9 Å². The summed E-state index contributed by atoms with van der Waals surface area (Å²) in [7, 11) is 0. The summed E-state index contributed by atoms with van der Waals surface area (Å²) < 4.78 is 4.19. The molecule has 0 N–H and O–H groups in total. The van der Waals surface area contributed by atoms with Crippen molar-refractivity contribution in [3.8, 4) is 0 Å². The summed E-state index contributed by atoms with van der Waals surface area (Å²) >= 11 is 5.71. The van der Waals surface area contributed by atoms with Gasteiger partial charge in [-0.15, -0.1) is 0 Å². The zero-order valence-corrected chi connectivity index (χ0v) is 12.9. The molecule has 0 aliphatic rings. The molecular weight excluding hydrogens is 367 g/mol. The van der Waals surface area contributed by atoms with Crippen LogP contribution in [0.2, 0.25) is 0 Å². The van der Waals surface area contributed by atoms with E-state index in [0.717, 1.165) is 14.7 Å². The van der Waals surface area contributed by atoms with Crippen LogP contribution in [-0.4, -0.2) is 9.78 Å². The molecule has 0 atom stereocenters. The van der Waals surface area contributed by atoms with E-state index in [1.165, 1.54) is 38.5 Å². The van der Waals surface area contributed by atoms with E-state index in [4.69, 9.17) is 0 Å². The molecule has 0 unspecified atom stereocenters. The van der Waals surface area contributed by atoms with E-state index < -0.39 is 0 Å². The maximum Gasteiger partial charge on any atom is 0.137 e. The molecule has 2 nitrogen and oxygen atoms in total. The van der Waals surface area contributed by atoms with Crippen LogP contribution < -0.4 is 0 Å². The summed E-state index contributed by atoms with van der Waals surface area (Å²) in [5.74, 6) is 0. The second kappa shape index (κ2) is 7.65. The van der Waals surface area contributed by atoms with Gasteiger partial charge in [-0.1, -0.05) is 39.0 Å². The van der Waals surface area contributed by atoms with Gasteiger partial charge in [-0.3, -0.25) is 4.68 Å². The third kappa shape index (κ3) is 5.33. The first-order valence-corrected chi connectivity index (χ1v) is 7.49. The van der Waals surface area contributed by atoms with Gasteiger partial charge in [0.2, 0.25) is 0 Å². The van der Waals surface area contributed by atoms with Gasteiger partial charge < -0.3 is 0 Å². The number of aryl methyl sites for hydroxylation is 1. The molecule has 1 aromatic rings. The van der Waals surface area contributed by atoms with Crippen LogP contribution >= 0.6 is 38.5 Å². The first-order valence-electron chi connectivity index (χ1n) is 5.62. The molecule has 86 valence electrons. The summed E-state index contributed by atoms with van der Waals surface area (Å²) in [6.45, 7) is 3.30. The molecule has 15 heavy (non-hydrogen) atoms. The summed E-state index contributed by atoms with van der Waals surface area (Å²) in [5, 5.41) is 4.40. The molecule has 1 heterocycles. The van der Waals surface area contributed by atoms with E-state index in [0.29, 0.717) is 0 Å². The summed E-state index contributed by atoms with van der Waals surface area (Å²) in [6, 6.07) is 0. The second-order valence-electron chi connectivity index (χ2n) is 3.80. The van der Waals surface area contributed by atoms with Gasteiger partial charge >= 0.3 is 0 Å². The van der Waals surface area contributed by atoms with E-state index in [1.807, 2.05) is 4.68 Å². The SMILES string of the molecule is CCCCCCCCn1cc(Br)c(I)n1. The second-order valence-corrected chi connectivity index (χ2v) is 5.67. The Morgan fingerprint density at radius 1 is 1.27 bits per heavy atom. The number of unbranched alkanes of at least 4 members (excludes halogenated alkanes) is 5. The lowest BCUT2D eigenvalue weighted by molar-refractivity contribution is 0.526. The Bertz CT molecular complexity index is 267. The number of rotatable bonds is 7. The lowest BCUT2D eigenvalue weighted by Crippen LogP contribution is -1.98. The summed E-state index contributed by atoms with van der Waals surface area (Å²) in [6.07, 6.45) is 10.1. The van der Waals surface area contributed by atoms with Crippen LogP contribution in [0.15, 0.2) is 10.7 Å². The van der Waals surface area contributed by atoms with Crippen LogP contribution in [0.5, 0.6) is 0 Å². The van der Waals surface area contributed by atoms with Gasteiger partial charge in [0.25, 0.3) is 0 Å². The van der Waals surface area contributed by atoms with Crippen LogP contribution in [0, 0.1) is 3.70 Å². The third-order valence-corrected chi connectivity index (χ3v) is 4.53. The minimum atomic E-state index is 1.05. The van der Waals surface area contributed by atoms with Crippen molar-refractivity contribution >= 4 is 38.5 Å². The topological polar surface area (TPSA) is 17.8 Å². The van der Waals surface area contributed by atoms with Crippen molar-refractivity contribution in [3.63, 3.8) is 0 Å². The maximum absolute atomic E-state index is 4.40. The monoisotopic (exact) mass is 384 g/mol. The van der Waals surface area contributed by atoms with Gasteiger partial charge in [0.1, 0.15) is 3.70 Å². The summed E-state index contributed by atoms with van der Waals surface area (Å²) in [4.78, 5) is 0. The van der Waals surface area contributed by atoms with Crippen molar-refractivity contribution in [1.29, 1.82) is 0 Å². The van der Waals surface area contributed by atoms with Gasteiger partial charge in [-0.2, -0.15) is 5.10 Å². The van der Waals surface area contributed by atoms with Crippen molar-refractivity contribution in [1.82, 2.24) is 9.78 Å². The molecule has 0 radical (unpaired) electrons. The van der Waals surface area contributed by atoms with Crippen molar-refractivity contribution in [2.45, 2.75) is 52.0 Å². The number of hydrogen-bond donors (Lipinski definition) is 0. The van der Waals surface area contributed by atoms with Crippen molar-refractivity contribution in [3.05, 3.63) is 14.4 Å². The molecular formula is C11H18BrIN2. The molecule has 1 aromatic heterocycles. The standard InChI is InChI=1S/C11H18BrIN2/c1-2-3-4-5-6-7-8-15-9-10(12)11(13)14-15/h9H,2-8H2,1H3. The number of hydrogen-bond acceptors (Lipinski definition) is 1. The third-order valence-electron chi connectivity index (χ3n) is 2.42. The molecule has 0 saturated carbocycles. The zero-order chi connectivity index (χ0) is 11.1. The molecule has 1 rings (SSSR count). The largest absolute Gasteiger partial charge is 0.271 e. The summed E-state index contributed by atoms with van der Waals surface area (Å²) in [5.41, 5.74) is 0. The van der Waals surface area contributed by atoms with Crippen LogP contribution in [0.3, 0.4) is 0 Å². The average molecular weight is 385 g/mol. The first-order chi connectivity index (χ1) is 7.24. The Labute approximate surface area is 114 Å². The smallest absolute Gasteiger partial charge is 0.137 e. The normalized spacial score (nSPS) is 10.9. The van der Waals surface area contributed by atoms with E-state index >= 15 is 0 Å². The van der Waals surface area contributed by atoms with E-state index in [1.54, 1.807) is 0 Å². The number of halogens is 2. The molecule has 0 aliphatic carbocycles. The van der Waals surface area contributed by atoms with E-state index in [-0.39, 0.29) is 0 Å². The average Bonchev–Trinajstić information content (AvgIpc) is 2.52. The molecule has 0 saturated heterocycles. The Hall–Kier alpha value is 0.420. The lowest BCUT2D eigenvalue weighted by atomic mass is 10.1. The van der Waals surface area contributed by atoms with Gasteiger partial charge in [0.05, 0.1) is 4.47 Å². The maximum atomic E-state index is 4.40. The Kier molecular flexibility index (Phi) is 6.88. The molecule has 0 fully saturated rings. The highest BCUT2D eigenvalue weighted by atomic mass is 127. The molecule has 4 heteroatoms. The fourth-order valence-corrected chi connectivity index (χ4v) is 2.27. The minimum Gasteiger partial charge on any atom is -0.271 e. The quantitative estimate of drug-likeness (QED) is 0.495. The predicted octanol–water partition coefficient (Wildman–Crippen LogP) is 4.61. The highest BCUT2D eigenvalue weighted by molar-refractivity contribution is 14.1. The first kappa shape index (κ1) is 13.5. The molecule has 0 amide bonds. The molecule has 0 bridgehead atoms. The Morgan fingerprint density at radius 3 is 2.53 bits per heavy atom. The van der Waals surface area contributed by atoms with E-state index in [9.17, 15) is 0 Å². The Morgan fingerprint density at radius 2 is 1.93 bits per heavy atom. The van der Waals surface area contributed by atoms with Crippen LogP contribution in [-0.2, 0) is 6.54 Å². The number of nitrogens with zero attached hydrogens (tertiary/aromatic N) is 2. The van der Waals surface area contributed by atoms with Crippen LogP contribution in [0.4, 0.5) is 0 Å². The predicted molar refractivity (Wildman–Crippen MR) is 76.0 cm³/mol. The van der Waals surface area contributed by atoms with E-state index in [2.05, 4.69) is 56.7 Å². The van der Waals surface area contributed by atoms with Crippen LogP contribution in [0.25, 0.3) is 0 Å². The van der Waals surface area contributed by atoms with Crippen molar-refractivity contribution in [2.24, 2.45) is 0 Å². The van der Waals surface area contributed by atoms with Crippen LogP contribution in [0.1, 0.15) is 45.4 Å². The zero-order valence-electron chi connectivity index (χ0n) is 9.18. The van der Waals surface area contributed by atoms with Gasteiger partial charge in [0.15, 0.2) is 0 Å². The lowest BCUT2D eigenvalue weighted by Gasteiger charge is -2.01. The Balaban J connectivity index is 2.10. The van der Waals surface area contributed by atoms with Gasteiger partial charge in [-0.25, -0.2) is 0 Å². The highest BCUT2D eigenvalue weighted by Crippen LogP contribution is 2.17. The van der Waals surface area contributed by atoms with Crippen molar-refractivity contribution < 1.29 is 0 Å². The van der Waals surface area contributed by atoms with Crippen molar-refractivity contribution in [2.75, 3.05) is 0 Å². The molecule has 0 aliphatic heterocycles. The number of aromatic nitrogens is 2. The van der Waals surface area contributed by atoms with Gasteiger partial charge in [0, 0.05) is 12.7 Å². The fourth-order valence-electron chi connectivity index (χ4n) is 1.54. The molecule has 0 aromatic carbocycles.